The van der Waals surface area contributed by atoms with E-state index < -0.39 is 0 Å². The Balaban J connectivity index is 1.63. The van der Waals surface area contributed by atoms with Gasteiger partial charge in [0.25, 0.3) is 0 Å². The molecular formula is C24H30F2. The maximum absolute atomic E-state index is 14.6. The van der Waals surface area contributed by atoms with E-state index in [9.17, 15) is 8.78 Å². The van der Waals surface area contributed by atoms with Gasteiger partial charge in [0.15, 0.2) is 0 Å². The number of benzene rings is 2. The van der Waals surface area contributed by atoms with Crippen LogP contribution < -0.4 is 0 Å². The van der Waals surface area contributed by atoms with E-state index in [2.05, 4.69) is 13.8 Å². The fourth-order valence-electron chi connectivity index (χ4n) is 4.57. The highest BCUT2D eigenvalue weighted by Crippen LogP contribution is 2.36. The average Bonchev–Trinajstić information content (AvgIpc) is 2.62. The van der Waals surface area contributed by atoms with Crippen molar-refractivity contribution >= 4 is 0 Å². The summed E-state index contributed by atoms with van der Waals surface area (Å²) >= 11 is 0. The average molecular weight is 357 g/mol. The Morgan fingerprint density at radius 3 is 2.42 bits per heavy atom. The molecule has 0 radical (unpaired) electrons. The van der Waals surface area contributed by atoms with Crippen LogP contribution in [-0.4, -0.2) is 0 Å². The SMILES string of the molecule is CCCC1CCC(C(C)Cc2ccc(-c3cccc(F)c3)c(F)c2)CC1. The Labute approximate surface area is 156 Å². The minimum Gasteiger partial charge on any atom is -0.207 e. The maximum atomic E-state index is 14.6. The van der Waals surface area contributed by atoms with E-state index in [0.717, 1.165) is 23.8 Å². The fraction of sp³-hybridized carbons (Fsp3) is 0.500. The van der Waals surface area contributed by atoms with Crippen LogP contribution in [0.4, 0.5) is 8.78 Å². The first kappa shape index (κ1) is 19.1. The second-order valence-electron chi connectivity index (χ2n) is 8.08. The molecule has 2 aromatic carbocycles. The zero-order valence-electron chi connectivity index (χ0n) is 16.0. The molecule has 140 valence electrons. The van der Waals surface area contributed by atoms with Crippen LogP contribution in [-0.2, 0) is 6.42 Å². The molecule has 1 fully saturated rings. The number of rotatable bonds is 6. The van der Waals surface area contributed by atoms with E-state index in [0.29, 0.717) is 17.0 Å². The zero-order chi connectivity index (χ0) is 18.5. The second-order valence-corrected chi connectivity index (χ2v) is 8.08. The van der Waals surface area contributed by atoms with Crippen molar-refractivity contribution in [3.8, 4) is 11.1 Å². The Kier molecular flexibility index (Phi) is 6.45. The summed E-state index contributed by atoms with van der Waals surface area (Å²) in [6, 6.07) is 11.6. The monoisotopic (exact) mass is 356 g/mol. The van der Waals surface area contributed by atoms with Crippen molar-refractivity contribution in [3.63, 3.8) is 0 Å². The van der Waals surface area contributed by atoms with Crippen LogP contribution in [0.15, 0.2) is 42.5 Å². The first-order valence-corrected chi connectivity index (χ1v) is 10.1. The number of hydrogen-bond donors (Lipinski definition) is 0. The number of halogens is 2. The minimum absolute atomic E-state index is 0.257. The standard InChI is InChI=1S/C24H30F2/c1-3-5-18-8-11-20(12-9-18)17(2)14-19-10-13-23(24(26)15-19)21-6-4-7-22(25)16-21/h4,6-7,10,13,15-18,20H,3,5,8-9,11-12,14H2,1-2H3. The molecule has 1 aliphatic rings. The van der Waals surface area contributed by atoms with Gasteiger partial charge in [0.05, 0.1) is 0 Å². The first-order valence-electron chi connectivity index (χ1n) is 10.1. The molecule has 1 atom stereocenters. The predicted octanol–water partition coefficient (Wildman–Crippen LogP) is 7.42. The van der Waals surface area contributed by atoms with Crippen LogP contribution >= 0.6 is 0 Å². The third kappa shape index (κ3) is 4.72. The molecule has 0 aliphatic heterocycles. The van der Waals surface area contributed by atoms with Gasteiger partial charge in [0.1, 0.15) is 11.6 Å². The molecule has 3 rings (SSSR count). The third-order valence-electron chi connectivity index (χ3n) is 6.12. The van der Waals surface area contributed by atoms with Crippen LogP contribution in [0.5, 0.6) is 0 Å². The summed E-state index contributed by atoms with van der Waals surface area (Å²) in [5, 5.41) is 0. The summed E-state index contributed by atoms with van der Waals surface area (Å²) in [6.45, 7) is 4.58. The molecule has 0 aromatic heterocycles. The fourth-order valence-corrected chi connectivity index (χ4v) is 4.57. The van der Waals surface area contributed by atoms with Gasteiger partial charge in [0.2, 0.25) is 0 Å². The molecule has 0 amide bonds. The molecule has 0 spiro atoms. The van der Waals surface area contributed by atoms with Crippen molar-refractivity contribution in [1.82, 2.24) is 0 Å². The molecule has 1 saturated carbocycles. The third-order valence-corrected chi connectivity index (χ3v) is 6.12. The first-order chi connectivity index (χ1) is 12.6. The van der Waals surface area contributed by atoms with E-state index in [4.69, 9.17) is 0 Å². The summed E-state index contributed by atoms with van der Waals surface area (Å²) in [7, 11) is 0. The van der Waals surface area contributed by atoms with Crippen LogP contribution in [0.25, 0.3) is 11.1 Å². The lowest BCUT2D eigenvalue weighted by Crippen LogP contribution is -2.21. The van der Waals surface area contributed by atoms with Gasteiger partial charge in [-0.1, -0.05) is 63.8 Å². The molecule has 0 heterocycles. The highest BCUT2D eigenvalue weighted by atomic mass is 19.1. The lowest BCUT2D eigenvalue weighted by atomic mass is 9.73. The van der Waals surface area contributed by atoms with E-state index >= 15 is 0 Å². The Hall–Kier alpha value is -1.70. The van der Waals surface area contributed by atoms with Crippen molar-refractivity contribution < 1.29 is 8.78 Å². The van der Waals surface area contributed by atoms with Crippen LogP contribution in [0.1, 0.15) is 57.9 Å². The topological polar surface area (TPSA) is 0 Å². The van der Waals surface area contributed by atoms with Crippen LogP contribution in [0.2, 0.25) is 0 Å². The summed E-state index contributed by atoms with van der Waals surface area (Å²) < 4.78 is 28.0. The summed E-state index contributed by atoms with van der Waals surface area (Å²) in [5.74, 6) is 1.67. The molecule has 0 bridgehead atoms. The second kappa shape index (κ2) is 8.79. The van der Waals surface area contributed by atoms with Crippen LogP contribution in [0, 0.1) is 29.4 Å². The maximum Gasteiger partial charge on any atom is 0.131 e. The molecule has 0 N–H and O–H groups in total. The molecule has 2 heteroatoms. The lowest BCUT2D eigenvalue weighted by molar-refractivity contribution is 0.206. The van der Waals surface area contributed by atoms with Gasteiger partial charge in [-0.15, -0.1) is 0 Å². The van der Waals surface area contributed by atoms with Gasteiger partial charge >= 0.3 is 0 Å². The predicted molar refractivity (Wildman–Crippen MR) is 105 cm³/mol. The van der Waals surface area contributed by atoms with Crippen LogP contribution in [0.3, 0.4) is 0 Å². The van der Waals surface area contributed by atoms with E-state index in [-0.39, 0.29) is 11.6 Å². The van der Waals surface area contributed by atoms with Gasteiger partial charge in [-0.25, -0.2) is 8.78 Å². The van der Waals surface area contributed by atoms with Gasteiger partial charge in [0, 0.05) is 5.56 Å². The van der Waals surface area contributed by atoms with Crippen molar-refractivity contribution in [2.24, 2.45) is 17.8 Å². The molecule has 0 saturated heterocycles. The Morgan fingerprint density at radius 2 is 1.77 bits per heavy atom. The quantitative estimate of drug-likeness (QED) is 0.505. The molecule has 26 heavy (non-hydrogen) atoms. The highest BCUT2D eigenvalue weighted by Gasteiger charge is 2.25. The zero-order valence-corrected chi connectivity index (χ0v) is 16.0. The summed E-state index contributed by atoms with van der Waals surface area (Å²) in [6.07, 6.45) is 8.93. The highest BCUT2D eigenvalue weighted by molar-refractivity contribution is 5.64. The largest absolute Gasteiger partial charge is 0.207 e. The van der Waals surface area contributed by atoms with Gasteiger partial charge in [-0.3, -0.25) is 0 Å². The summed E-state index contributed by atoms with van der Waals surface area (Å²) in [5.41, 5.74) is 2.11. The van der Waals surface area contributed by atoms with Crippen molar-refractivity contribution in [2.75, 3.05) is 0 Å². The van der Waals surface area contributed by atoms with Gasteiger partial charge in [-0.05, 0) is 66.3 Å². The molecule has 0 nitrogen and oxygen atoms in total. The van der Waals surface area contributed by atoms with E-state index in [1.165, 1.54) is 50.7 Å². The smallest absolute Gasteiger partial charge is 0.131 e. The lowest BCUT2D eigenvalue weighted by Gasteiger charge is -2.32. The Morgan fingerprint density at radius 1 is 1.00 bits per heavy atom. The minimum atomic E-state index is -0.335. The normalized spacial score (nSPS) is 21.5. The molecule has 1 unspecified atom stereocenters. The van der Waals surface area contributed by atoms with Crippen molar-refractivity contribution in [3.05, 3.63) is 59.7 Å². The van der Waals surface area contributed by atoms with E-state index in [1.54, 1.807) is 24.3 Å². The summed E-state index contributed by atoms with van der Waals surface area (Å²) in [4.78, 5) is 0. The molecule has 2 aromatic rings. The van der Waals surface area contributed by atoms with Crippen molar-refractivity contribution in [1.29, 1.82) is 0 Å². The van der Waals surface area contributed by atoms with Gasteiger partial charge in [-0.2, -0.15) is 0 Å². The number of hydrogen-bond acceptors (Lipinski definition) is 0. The Bertz CT molecular complexity index is 714. The molecular weight excluding hydrogens is 326 g/mol. The van der Waals surface area contributed by atoms with E-state index in [1.807, 2.05) is 6.07 Å². The molecule has 1 aliphatic carbocycles. The van der Waals surface area contributed by atoms with Gasteiger partial charge < -0.3 is 0 Å². The van der Waals surface area contributed by atoms with Crippen molar-refractivity contribution in [2.45, 2.75) is 58.8 Å².